The summed E-state index contributed by atoms with van der Waals surface area (Å²) in [5, 5.41) is 14.7. The van der Waals surface area contributed by atoms with Crippen LogP contribution in [0.15, 0.2) is 0 Å². The number of hydrogen-bond donors (Lipinski definition) is 2. The van der Waals surface area contributed by atoms with Crippen molar-refractivity contribution in [2.75, 3.05) is 29.0 Å². The molecule has 0 amide bonds. The molecular weight excluding hydrogens is 320 g/mol. The molecule has 3 N–H and O–H groups in total. The number of anilines is 3. The molecule has 0 bridgehead atoms. The third-order valence-electron chi connectivity index (χ3n) is 5.18. The number of nitro groups is 1. The zero-order chi connectivity index (χ0) is 18.0. The fourth-order valence-corrected chi connectivity index (χ4v) is 4.15. The molecule has 138 valence electrons. The highest BCUT2D eigenvalue weighted by atomic mass is 16.6. The smallest absolute Gasteiger partial charge is 0.353 e. The van der Waals surface area contributed by atoms with Crippen molar-refractivity contribution in [1.82, 2.24) is 9.97 Å². The lowest BCUT2D eigenvalue weighted by Gasteiger charge is -2.35. The first-order valence-electron chi connectivity index (χ1n) is 9.27. The molecule has 0 spiro atoms. The normalized spacial score (nSPS) is 25.0. The van der Waals surface area contributed by atoms with Gasteiger partial charge >= 0.3 is 5.69 Å². The molecular formula is C17H28N6O2. The molecule has 25 heavy (non-hydrogen) atoms. The lowest BCUT2D eigenvalue weighted by molar-refractivity contribution is -0.383. The van der Waals surface area contributed by atoms with Crippen LogP contribution in [0.1, 0.15) is 52.4 Å². The molecule has 1 aromatic heterocycles. The fraction of sp³-hybridized carbons (Fsp3) is 0.765. The highest BCUT2D eigenvalue weighted by Gasteiger charge is 2.29. The fourth-order valence-electron chi connectivity index (χ4n) is 4.15. The number of nitrogens with zero attached hydrogens (tertiary/aromatic N) is 4. The Morgan fingerprint density at radius 2 is 1.80 bits per heavy atom. The number of nitrogen functional groups attached to an aromatic ring is 1. The molecule has 1 saturated heterocycles. The predicted molar refractivity (Wildman–Crippen MR) is 98.8 cm³/mol. The van der Waals surface area contributed by atoms with Crippen molar-refractivity contribution >= 4 is 23.3 Å². The molecule has 2 fully saturated rings. The monoisotopic (exact) mass is 348 g/mol. The van der Waals surface area contributed by atoms with Crippen molar-refractivity contribution < 1.29 is 4.92 Å². The van der Waals surface area contributed by atoms with Crippen LogP contribution in [0.25, 0.3) is 0 Å². The maximum Gasteiger partial charge on any atom is 0.353 e. The summed E-state index contributed by atoms with van der Waals surface area (Å²) in [5.74, 6) is 1.79. The second-order valence-electron chi connectivity index (χ2n) is 7.69. The van der Waals surface area contributed by atoms with Crippen molar-refractivity contribution in [3.8, 4) is 0 Å². The Balaban J connectivity index is 1.90. The SMILES string of the molecule is C[C@H]1C[C@H](C)CN(c2nc(N)c([N+](=O)[O-])c(NC3CCCCC3)n2)C1. The van der Waals surface area contributed by atoms with Gasteiger partial charge in [-0.2, -0.15) is 9.97 Å². The van der Waals surface area contributed by atoms with E-state index in [1.54, 1.807) is 0 Å². The van der Waals surface area contributed by atoms with Gasteiger partial charge in [-0.3, -0.25) is 10.1 Å². The van der Waals surface area contributed by atoms with E-state index in [1.165, 1.54) is 12.8 Å². The van der Waals surface area contributed by atoms with E-state index in [2.05, 4.69) is 34.0 Å². The molecule has 2 heterocycles. The Hall–Kier alpha value is -2.12. The van der Waals surface area contributed by atoms with Crippen LogP contribution in [0.3, 0.4) is 0 Å². The Bertz CT molecular complexity index is 622. The maximum atomic E-state index is 11.5. The van der Waals surface area contributed by atoms with Crippen LogP contribution in [0.4, 0.5) is 23.3 Å². The summed E-state index contributed by atoms with van der Waals surface area (Å²) < 4.78 is 0. The molecule has 1 saturated carbocycles. The lowest BCUT2D eigenvalue weighted by atomic mass is 9.92. The van der Waals surface area contributed by atoms with Crippen LogP contribution in [0, 0.1) is 22.0 Å². The summed E-state index contributed by atoms with van der Waals surface area (Å²) in [7, 11) is 0. The highest BCUT2D eigenvalue weighted by Crippen LogP contribution is 2.34. The van der Waals surface area contributed by atoms with Gasteiger partial charge in [-0.25, -0.2) is 0 Å². The molecule has 1 aliphatic heterocycles. The molecule has 1 aliphatic carbocycles. The summed E-state index contributed by atoms with van der Waals surface area (Å²) in [6, 6.07) is 0.216. The van der Waals surface area contributed by atoms with Crippen molar-refractivity contribution in [3.05, 3.63) is 10.1 Å². The minimum absolute atomic E-state index is 0.0563. The van der Waals surface area contributed by atoms with E-state index in [1.807, 2.05) is 0 Å². The highest BCUT2D eigenvalue weighted by molar-refractivity contribution is 5.70. The summed E-state index contributed by atoms with van der Waals surface area (Å²) in [4.78, 5) is 21.9. The quantitative estimate of drug-likeness (QED) is 0.635. The summed E-state index contributed by atoms with van der Waals surface area (Å²) in [6.07, 6.45) is 6.69. The predicted octanol–water partition coefficient (Wildman–Crippen LogP) is 3.19. The van der Waals surface area contributed by atoms with Gasteiger partial charge in [-0.15, -0.1) is 0 Å². The first kappa shape index (κ1) is 17.7. The molecule has 0 unspecified atom stereocenters. The van der Waals surface area contributed by atoms with Crippen LogP contribution >= 0.6 is 0 Å². The van der Waals surface area contributed by atoms with Gasteiger partial charge in [-0.1, -0.05) is 33.1 Å². The van der Waals surface area contributed by atoms with Gasteiger partial charge in [-0.05, 0) is 31.1 Å². The summed E-state index contributed by atoms with van der Waals surface area (Å²) in [5.41, 5.74) is 5.74. The molecule has 8 heteroatoms. The zero-order valence-corrected chi connectivity index (χ0v) is 15.1. The minimum Gasteiger partial charge on any atom is -0.378 e. The third kappa shape index (κ3) is 4.11. The summed E-state index contributed by atoms with van der Waals surface area (Å²) >= 11 is 0. The number of piperidine rings is 1. The Kier molecular flexibility index (Phi) is 5.24. The Morgan fingerprint density at radius 1 is 1.16 bits per heavy atom. The maximum absolute atomic E-state index is 11.5. The molecule has 2 aliphatic rings. The molecule has 8 nitrogen and oxygen atoms in total. The first-order chi connectivity index (χ1) is 11.9. The van der Waals surface area contributed by atoms with Gasteiger partial charge in [0.2, 0.25) is 17.6 Å². The van der Waals surface area contributed by atoms with Crippen LogP contribution in [-0.4, -0.2) is 34.0 Å². The molecule has 0 radical (unpaired) electrons. The summed E-state index contributed by atoms with van der Waals surface area (Å²) in [6.45, 7) is 6.12. The average molecular weight is 348 g/mol. The lowest BCUT2D eigenvalue weighted by Crippen LogP contribution is -2.40. The van der Waals surface area contributed by atoms with Gasteiger partial charge in [0.1, 0.15) is 0 Å². The number of nitrogens with two attached hydrogens (primary N) is 1. The van der Waals surface area contributed by atoms with E-state index in [9.17, 15) is 10.1 Å². The molecule has 0 aromatic carbocycles. The second kappa shape index (κ2) is 7.41. The topological polar surface area (TPSA) is 110 Å². The molecule has 2 atom stereocenters. The van der Waals surface area contributed by atoms with E-state index in [0.717, 1.165) is 38.8 Å². The van der Waals surface area contributed by atoms with E-state index >= 15 is 0 Å². The van der Waals surface area contributed by atoms with E-state index in [-0.39, 0.29) is 23.4 Å². The van der Waals surface area contributed by atoms with Gasteiger partial charge in [0.15, 0.2) is 0 Å². The van der Waals surface area contributed by atoms with Gasteiger partial charge < -0.3 is 16.0 Å². The zero-order valence-electron chi connectivity index (χ0n) is 15.1. The van der Waals surface area contributed by atoms with Crippen LogP contribution in [0.5, 0.6) is 0 Å². The van der Waals surface area contributed by atoms with Crippen molar-refractivity contribution in [1.29, 1.82) is 0 Å². The van der Waals surface area contributed by atoms with E-state index in [4.69, 9.17) is 5.73 Å². The Labute approximate surface area is 148 Å². The number of aromatic nitrogens is 2. The van der Waals surface area contributed by atoms with Crippen LogP contribution in [0.2, 0.25) is 0 Å². The van der Waals surface area contributed by atoms with Gasteiger partial charge in [0.25, 0.3) is 0 Å². The largest absolute Gasteiger partial charge is 0.378 e. The van der Waals surface area contributed by atoms with Crippen LogP contribution < -0.4 is 16.0 Å². The van der Waals surface area contributed by atoms with E-state index < -0.39 is 4.92 Å². The number of hydrogen-bond acceptors (Lipinski definition) is 7. The second-order valence-corrected chi connectivity index (χ2v) is 7.69. The molecule has 1 aromatic rings. The minimum atomic E-state index is -0.480. The standard InChI is InChI=1S/C17H28N6O2/c1-11-8-12(2)10-22(9-11)17-20-15(18)14(23(24)25)16(21-17)19-13-6-4-3-5-7-13/h11-13H,3-10H2,1-2H3,(H3,18,19,20,21)/t11-,12-/m0/s1. The number of nitrogens with one attached hydrogen (secondary N) is 1. The van der Waals surface area contributed by atoms with Crippen molar-refractivity contribution in [2.24, 2.45) is 11.8 Å². The van der Waals surface area contributed by atoms with E-state index in [0.29, 0.717) is 17.8 Å². The average Bonchev–Trinajstić information content (AvgIpc) is 2.54. The third-order valence-corrected chi connectivity index (χ3v) is 5.18. The number of rotatable bonds is 4. The molecule has 3 rings (SSSR count). The van der Waals surface area contributed by atoms with Crippen molar-refractivity contribution in [3.63, 3.8) is 0 Å². The van der Waals surface area contributed by atoms with Crippen LogP contribution in [-0.2, 0) is 0 Å². The van der Waals surface area contributed by atoms with Gasteiger partial charge in [0, 0.05) is 19.1 Å². The van der Waals surface area contributed by atoms with Crippen molar-refractivity contribution in [2.45, 2.75) is 58.4 Å². The van der Waals surface area contributed by atoms with Gasteiger partial charge in [0.05, 0.1) is 4.92 Å². The first-order valence-corrected chi connectivity index (χ1v) is 9.27. The Morgan fingerprint density at radius 3 is 2.40 bits per heavy atom.